The van der Waals surface area contributed by atoms with E-state index >= 15 is 0 Å². The normalized spacial score (nSPS) is 20.2. The number of aliphatic hydroxyl groups is 1. The van der Waals surface area contributed by atoms with E-state index in [2.05, 4.69) is 32.2 Å². The molecule has 1 aliphatic rings. The average molecular weight is 252 g/mol. The third kappa shape index (κ3) is 3.71. The molecule has 0 aromatic rings. The first-order chi connectivity index (χ1) is 8.33. The van der Waals surface area contributed by atoms with Gasteiger partial charge < -0.3 is 10.4 Å². The van der Waals surface area contributed by atoms with Crippen LogP contribution < -0.4 is 5.32 Å². The van der Waals surface area contributed by atoms with Gasteiger partial charge in [-0.15, -0.1) is 0 Å². The zero-order valence-corrected chi connectivity index (χ0v) is 11.6. The number of carbonyl (C=O) groups excluding carboxylic acids is 1. The van der Waals surface area contributed by atoms with E-state index in [0.29, 0.717) is 19.3 Å². The van der Waals surface area contributed by atoms with E-state index in [0.717, 1.165) is 12.8 Å². The quantitative estimate of drug-likeness (QED) is 0.803. The van der Waals surface area contributed by atoms with Crippen LogP contribution in [0.2, 0.25) is 0 Å². The summed E-state index contributed by atoms with van der Waals surface area (Å²) in [5.74, 6) is -0.203. The molecule has 0 saturated heterocycles. The summed E-state index contributed by atoms with van der Waals surface area (Å²) in [4.78, 5) is 12.2. The second-order valence-corrected chi connectivity index (χ2v) is 6.52. The average Bonchev–Trinajstić information content (AvgIpc) is 2.76. The van der Waals surface area contributed by atoms with Crippen LogP contribution in [-0.4, -0.2) is 23.7 Å². The van der Waals surface area contributed by atoms with Gasteiger partial charge in [-0.05, 0) is 24.7 Å². The monoisotopic (exact) mass is 252 g/mol. The van der Waals surface area contributed by atoms with Crippen LogP contribution in [-0.2, 0) is 4.79 Å². The molecule has 1 amide bonds. The topological polar surface area (TPSA) is 73.1 Å². The smallest absolute Gasteiger partial charge is 0.240 e. The molecule has 18 heavy (non-hydrogen) atoms. The highest BCUT2D eigenvalue weighted by molar-refractivity contribution is 5.86. The highest BCUT2D eigenvalue weighted by Crippen LogP contribution is 2.37. The minimum Gasteiger partial charge on any atom is -0.394 e. The van der Waals surface area contributed by atoms with Crippen LogP contribution in [0.5, 0.6) is 0 Å². The summed E-state index contributed by atoms with van der Waals surface area (Å²) in [6.07, 6.45) is 3.86. The zero-order chi connectivity index (χ0) is 13.8. The standard InChI is InChI=1S/C14H24N2O2/c1-13(2,3)8-11(9-17)16-12(18)14(10-15)6-4-5-7-14/h11,17H,4-9H2,1-3H3,(H,16,18). The highest BCUT2D eigenvalue weighted by Gasteiger charge is 2.42. The van der Waals surface area contributed by atoms with Gasteiger partial charge in [-0.1, -0.05) is 33.6 Å². The lowest BCUT2D eigenvalue weighted by molar-refractivity contribution is -0.129. The molecule has 0 heterocycles. The fraction of sp³-hybridized carbons (Fsp3) is 0.857. The minimum atomic E-state index is -0.856. The van der Waals surface area contributed by atoms with E-state index in [1.807, 2.05) is 0 Å². The Hall–Kier alpha value is -1.08. The van der Waals surface area contributed by atoms with Crippen molar-refractivity contribution in [1.82, 2.24) is 5.32 Å². The van der Waals surface area contributed by atoms with Crippen molar-refractivity contribution in [3.05, 3.63) is 0 Å². The van der Waals surface area contributed by atoms with Crippen LogP contribution in [0.15, 0.2) is 0 Å². The number of aliphatic hydroxyl groups excluding tert-OH is 1. The number of hydrogen-bond acceptors (Lipinski definition) is 3. The van der Waals surface area contributed by atoms with Crippen molar-refractivity contribution in [1.29, 1.82) is 5.26 Å². The first-order valence-corrected chi connectivity index (χ1v) is 6.66. The molecular formula is C14H24N2O2. The molecular weight excluding hydrogens is 228 g/mol. The first kappa shape index (κ1) is 15.0. The van der Waals surface area contributed by atoms with Crippen LogP contribution in [0.4, 0.5) is 0 Å². The van der Waals surface area contributed by atoms with Gasteiger partial charge in [0.25, 0.3) is 0 Å². The van der Waals surface area contributed by atoms with Gasteiger partial charge in [0.2, 0.25) is 5.91 Å². The van der Waals surface area contributed by atoms with Crippen molar-refractivity contribution >= 4 is 5.91 Å². The Morgan fingerprint density at radius 1 is 1.44 bits per heavy atom. The number of nitrogens with zero attached hydrogens (tertiary/aromatic N) is 1. The van der Waals surface area contributed by atoms with E-state index < -0.39 is 5.41 Å². The fourth-order valence-corrected chi connectivity index (χ4v) is 2.59. The summed E-state index contributed by atoms with van der Waals surface area (Å²) in [6.45, 7) is 6.12. The van der Waals surface area contributed by atoms with Crippen LogP contribution in [0, 0.1) is 22.2 Å². The molecule has 2 N–H and O–H groups in total. The maximum absolute atomic E-state index is 12.2. The second-order valence-electron chi connectivity index (χ2n) is 6.52. The predicted octanol–water partition coefficient (Wildman–Crippen LogP) is 1.98. The summed E-state index contributed by atoms with van der Waals surface area (Å²) < 4.78 is 0. The van der Waals surface area contributed by atoms with Crippen LogP contribution in [0.25, 0.3) is 0 Å². The Bertz CT molecular complexity index is 333. The molecule has 1 rings (SSSR count). The Kier molecular flexibility index (Phi) is 4.75. The van der Waals surface area contributed by atoms with Gasteiger partial charge in [0.15, 0.2) is 0 Å². The molecule has 0 radical (unpaired) electrons. The van der Waals surface area contributed by atoms with Crippen LogP contribution in [0.1, 0.15) is 52.9 Å². The van der Waals surface area contributed by atoms with Gasteiger partial charge in [0, 0.05) is 0 Å². The Morgan fingerprint density at radius 3 is 2.39 bits per heavy atom. The Labute approximate surface area is 109 Å². The van der Waals surface area contributed by atoms with Crippen LogP contribution >= 0.6 is 0 Å². The van der Waals surface area contributed by atoms with Crippen molar-refractivity contribution in [3.8, 4) is 6.07 Å². The van der Waals surface area contributed by atoms with Gasteiger partial charge in [-0.3, -0.25) is 4.79 Å². The molecule has 4 nitrogen and oxygen atoms in total. The molecule has 1 unspecified atom stereocenters. The molecule has 0 aliphatic heterocycles. The molecule has 1 aliphatic carbocycles. The van der Waals surface area contributed by atoms with Crippen molar-refractivity contribution in [2.45, 2.75) is 58.9 Å². The largest absolute Gasteiger partial charge is 0.394 e. The molecule has 0 aromatic carbocycles. The molecule has 4 heteroatoms. The second kappa shape index (κ2) is 5.71. The summed E-state index contributed by atoms with van der Waals surface area (Å²) in [7, 11) is 0. The summed E-state index contributed by atoms with van der Waals surface area (Å²) in [6, 6.07) is 1.91. The van der Waals surface area contributed by atoms with E-state index in [9.17, 15) is 15.2 Å². The zero-order valence-electron chi connectivity index (χ0n) is 11.6. The molecule has 0 spiro atoms. The number of amides is 1. The first-order valence-electron chi connectivity index (χ1n) is 6.66. The van der Waals surface area contributed by atoms with Gasteiger partial charge in [-0.25, -0.2) is 0 Å². The van der Waals surface area contributed by atoms with Crippen molar-refractivity contribution in [2.75, 3.05) is 6.61 Å². The molecule has 1 fully saturated rings. The number of hydrogen-bond donors (Lipinski definition) is 2. The lowest BCUT2D eigenvalue weighted by Crippen LogP contribution is -2.46. The summed E-state index contributed by atoms with van der Waals surface area (Å²) in [5.41, 5.74) is -0.818. The van der Waals surface area contributed by atoms with E-state index in [-0.39, 0.29) is 24.0 Å². The maximum Gasteiger partial charge on any atom is 0.240 e. The Morgan fingerprint density at radius 2 is 2.00 bits per heavy atom. The predicted molar refractivity (Wildman–Crippen MR) is 69.6 cm³/mol. The maximum atomic E-state index is 12.2. The number of nitrogens with one attached hydrogen (secondary N) is 1. The SMILES string of the molecule is CC(C)(C)CC(CO)NC(=O)C1(C#N)CCCC1. The van der Waals surface area contributed by atoms with Crippen molar-refractivity contribution in [2.24, 2.45) is 10.8 Å². The lowest BCUT2D eigenvalue weighted by atomic mass is 9.85. The van der Waals surface area contributed by atoms with Gasteiger partial charge >= 0.3 is 0 Å². The molecule has 1 saturated carbocycles. The lowest BCUT2D eigenvalue weighted by Gasteiger charge is -2.28. The van der Waals surface area contributed by atoms with Gasteiger partial charge in [0.05, 0.1) is 18.7 Å². The molecule has 102 valence electrons. The summed E-state index contributed by atoms with van der Waals surface area (Å²) >= 11 is 0. The third-order valence-corrected chi connectivity index (χ3v) is 3.52. The van der Waals surface area contributed by atoms with Crippen molar-refractivity contribution < 1.29 is 9.90 Å². The molecule has 1 atom stereocenters. The Balaban J connectivity index is 2.65. The number of carbonyl (C=O) groups is 1. The van der Waals surface area contributed by atoms with E-state index in [1.165, 1.54) is 0 Å². The van der Waals surface area contributed by atoms with E-state index in [1.54, 1.807) is 0 Å². The molecule has 0 bridgehead atoms. The van der Waals surface area contributed by atoms with Crippen LogP contribution in [0.3, 0.4) is 0 Å². The minimum absolute atomic E-state index is 0.0379. The van der Waals surface area contributed by atoms with Gasteiger partial charge in [-0.2, -0.15) is 5.26 Å². The number of nitriles is 1. The fourth-order valence-electron chi connectivity index (χ4n) is 2.59. The summed E-state index contributed by atoms with van der Waals surface area (Å²) in [5, 5.41) is 21.4. The molecule has 0 aromatic heterocycles. The number of rotatable bonds is 4. The highest BCUT2D eigenvalue weighted by atomic mass is 16.3. The third-order valence-electron chi connectivity index (χ3n) is 3.52. The van der Waals surface area contributed by atoms with Crippen molar-refractivity contribution in [3.63, 3.8) is 0 Å². The van der Waals surface area contributed by atoms with Gasteiger partial charge in [0.1, 0.15) is 5.41 Å². The van der Waals surface area contributed by atoms with E-state index in [4.69, 9.17) is 0 Å².